The maximum Gasteiger partial charge on any atom is 1.00 e. The van der Waals surface area contributed by atoms with Crippen LogP contribution in [0.15, 0.2) is 0 Å². The SMILES string of the molecule is O=C(O)CCCCC(=O)O.O=C([O-])C(=O)O.[K+]. The zero-order valence-corrected chi connectivity index (χ0v) is 12.3. The summed E-state index contributed by atoms with van der Waals surface area (Å²) < 4.78 is 0. The summed E-state index contributed by atoms with van der Waals surface area (Å²) >= 11 is 0. The number of unbranched alkanes of at least 4 members (excludes halogenated alkanes) is 1. The first-order valence-corrected chi connectivity index (χ1v) is 4.15. The minimum atomic E-state index is -2.07. The van der Waals surface area contributed by atoms with Crippen LogP contribution in [-0.4, -0.2) is 39.2 Å². The van der Waals surface area contributed by atoms with E-state index in [4.69, 9.17) is 30.0 Å². The molecule has 0 saturated heterocycles. The second-order valence-electron chi connectivity index (χ2n) is 2.59. The quantitative estimate of drug-likeness (QED) is 0.258. The first kappa shape index (κ1) is 21.8. The molecule has 92 valence electrons. The summed E-state index contributed by atoms with van der Waals surface area (Å²) in [4.78, 5) is 37.8. The minimum Gasteiger partial charge on any atom is -0.539 e. The van der Waals surface area contributed by atoms with Crippen molar-refractivity contribution < 1.29 is 91.0 Å². The molecule has 0 aliphatic heterocycles. The van der Waals surface area contributed by atoms with Gasteiger partial charge in [0.25, 0.3) is 0 Å². The maximum atomic E-state index is 9.90. The van der Waals surface area contributed by atoms with Crippen LogP contribution in [0.3, 0.4) is 0 Å². The third kappa shape index (κ3) is 25.6. The van der Waals surface area contributed by atoms with E-state index in [1.54, 1.807) is 0 Å². The van der Waals surface area contributed by atoms with E-state index in [0.29, 0.717) is 12.8 Å². The summed E-state index contributed by atoms with van der Waals surface area (Å²) in [5.41, 5.74) is 0. The molecule has 9 heteroatoms. The van der Waals surface area contributed by atoms with Crippen LogP contribution in [0.25, 0.3) is 0 Å². The summed E-state index contributed by atoms with van der Waals surface area (Å²) in [6.45, 7) is 0. The van der Waals surface area contributed by atoms with Gasteiger partial charge in [-0.05, 0) is 12.8 Å². The molecule has 8 nitrogen and oxygen atoms in total. The van der Waals surface area contributed by atoms with Crippen molar-refractivity contribution in [3.8, 4) is 0 Å². The summed E-state index contributed by atoms with van der Waals surface area (Å²) in [6, 6.07) is 0. The number of rotatable bonds is 5. The van der Waals surface area contributed by atoms with Crippen molar-refractivity contribution >= 4 is 23.9 Å². The van der Waals surface area contributed by atoms with Crippen molar-refractivity contribution in [2.45, 2.75) is 25.7 Å². The third-order valence-corrected chi connectivity index (χ3v) is 1.21. The number of aliphatic carboxylic acids is 4. The number of hydrogen-bond donors (Lipinski definition) is 3. The van der Waals surface area contributed by atoms with E-state index in [1.165, 1.54) is 0 Å². The number of carbonyl (C=O) groups is 4. The second kappa shape index (κ2) is 13.6. The Morgan fingerprint density at radius 3 is 1.18 bits per heavy atom. The molecule has 0 rings (SSSR count). The Morgan fingerprint density at radius 2 is 1.06 bits per heavy atom. The Kier molecular flexibility index (Phi) is 17.4. The average Bonchev–Trinajstić information content (AvgIpc) is 2.12. The molecule has 0 unspecified atom stereocenters. The largest absolute Gasteiger partial charge is 1.00 e. The molecule has 0 fully saturated rings. The van der Waals surface area contributed by atoms with Crippen LogP contribution in [0.4, 0.5) is 0 Å². The number of hydrogen-bond acceptors (Lipinski definition) is 5. The fourth-order valence-corrected chi connectivity index (χ4v) is 0.552. The second-order valence-corrected chi connectivity index (χ2v) is 2.59. The predicted molar refractivity (Wildman–Crippen MR) is 46.4 cm³/mol. The van der Waals surface area contributed by atoms with Crippen LogP contribution in [0.1, 0.15) is 25.7 Å². The van der Waals surface area contributed by atoms with Gasteiger partial charge in [0.1, 0.15) is 0 Å². The van der Waals surface area contributed by atoms with E-state index in [0.717, 1.165) is 0 Å². The van der Waals surface area contributed by atoms with Crippen LogP contribution in [0.5, 0.6) is 0 Å². The zero-order valence-electron chi connectivity index (χ0n) is 9.21. The molecule has 17 heavy (non-hydrogen) atoms. The molecule has 0 heterocycles. The van der Waals surface area contributed by atoms with E-state index in [-0.39, 0.29) is 64.2 Å². The average molecular weight is 274 g/mol. The maximum absolute atomic E-state index is 9.90. The van der Waals surface area contributed by atoms with Gasteiger partial charge in [-0.1, -0.05) is 0 Å². The molecule has 3 N–H and O–H groups in total. The number of carboxylic acids is 4. The molecule has 0 bridgehead atoms. The standard InChI is InChI=1S/C6H10O4.C2H2O4.K/c7-5(8)3-1-2-4-6(9)10;3-1(4)2(5)6;/h1-4H2,(H,7,8)(H,9,10);(H,3,4)(H,5,6);/q;;+1/p-1. The molecule has 0 aliphatic rings. The number of carboxylic acid groups (broad SMARTS) is 4. The zero-order chi connectivity index (χ0) is 13.1. The number of carbonyl (C=O) groups excluding carboxylic acids is 1. The Hall–Kier alpha value is -0.484. The summed E-state index contributed by atoms with van der Waals surface area (Å²) in [6.07, 6.45) is 1.02. The minimum absolute atomic E-state index is 0. The monoisotopic (exact) mass is 274 g/mol. The van der Waals surface area contributed by atoms with Gasteiger partial charge in [0.2, 0.25) is 0 Å². The third-order valence-electron chi connectivity index (χ3n) is 1.21. The van der Waals surface area contributed by atoms with E-state index < -0.39 is 23.9 Å². The van der Waals surface area contributed by atoms with Gasteiger partial charge in [0.05, 0.1) is 0 Å². The van der Waals surface area contributed by atoms with Gasteiger partial charge < -0.3 is 25.2 Å². The summed E-state index contributed by atoms with van der Waals surface area (Å²) in [5.74, 6) is -5.75. The molecular formula is C8H11KO8. The van der Waals surface area contributed by atoms with Gasteiger partial charge in [-0.15, -0.1) is 0 Å². The molecule has 0 atom stereocenters. The van der Waals surface area contributed by atoms with E-state index in [9.17, 15) is 9.59 Å². The first-order valence-electron chi connectivity index (χ1n) is 4.15. The van der Waals surface area contributed by atoms with Gasteiger partial charge in [-0.3, -0.25) is 9.59 Å². The predicted octanol–water partition coefficient (Wildman–Crippen LogP) is -4.46. The van der Waals surface area contributed by atoms with Crippen LogP contribution >= 0.6 is 0 Å². The topological polar surface area (TPSA) is 152 Å². The molecule has 0 aromatic rings. The van der Waals surface area contributed by atoms with Gasteiger partial charge in [-0.25, -0.2) is 4.79 Å². The Bertz CT molecular complexity index is 247. The van der Waals surface area contributed by atoms with Crippen molar-refractivity contribution in [1.82, 2.24) is 0 Å². The normalized spacial score (nSPS) is 8.00. The fourth-order valence-electron chi connectivity index (χ4n) is 0.552. The Balaban J connectivity index is -0.000000244. The Morgan fingerprint density at radius 1 is 0.824 bits per heavy atom. The molecule has 0 aromatic heterocycles. The van der Waals surface area contributed by atoms with Gasteiger partial charge >= 0.3 is 69.3 Å². The van der Waals surface area contributed by atoms with Crippen molar-refractivity contribution in [2.75, 3.05) is 0 Å². The van der Waals surface area contributed by atoms with E-state index in [1.807, 2.05) is 0 Å². The molecule has 0 radical (unpaired) electrons. The van der Waals surface area contributed by atoms with E-state index in [2.05, 4.69) is 0 Å². The molecule has 0 saturated carbocycles. The molecular weight excluding hydrogens is 263 g/mol. The fraction of sp³-hybridized carbons (Fsp3) is 0.500. The molecule has 0 aromatic carbocycles. The van der Waals surface area contributed by atoms with Crippen LogP contribution in [0, 0.1) is 0 Å². The van der Waals surface area contributed by atoms with Crippen LogP contribution in [0.2, 0.25) is 0 Å². The van der Waals surface area contributed by atoms with Gasteiger partial charge in [0, 0.05) is 12.8 Å². The molecule has 0 amide bonds. The van der Waals surface area contributed by atoms with Gasteiger partial charge in [0.15, 0.2) is 5.97 Å². The van der Waals surface area contributed by atoms with E-state index >= 15 is 0 Å². The Labute approximate surface area is 139 Å². The summed E-state index contributed by atoms with van der Waals surface area (Å²) in [5, 5.41) is 32.6. The van der Waals surface area contributed by atoms with Gasteiger partial charge in [-0.2, -0.15) is 0 Å². The summed E-state index contributed by atoms with van der Waals surface area (Å²) in [7, 11) is 0. The van der Waals surface area contributed by atoms with Crippen LogP contribution in [-0.2, 0) is 19.2 Å². The molecule has 0 aliphatic carbocycles. The smallest absolute Gasteiger partial charge is 0.539 e. The molecule has 0 spiro atoms. The van der Waals surface area contributed by atoms with Crippen molar-refractivity contribution in [2.24, 2.45) is 0 Å². The van der Waals surface area contributed by atoms with Crippen molar-refractivity contribution in [1.29, 1.82) is 0 Å². The van der Waals surface area contributed by atoms with Crippen molar-refractivity contribution in [3.63, 3.8) is 0 Å². The first-order chi connectivity index (χ1) is 7.27. The van der Waals surface area contributed by atoms with Crippen LogP contribution < -0.4 is 56.5 Å². The van der Waals surface area contributed by atoms with Crippen molar-refractivity contribution in [3.05, 3.63) is 0 Å².